The molecule has 3 aromatic rings. The zero-order valence-electron chi connectivity index (χ0n) is 15.4. The second-order valence-corrected chi connectivity index (χ2v) is 5.65. The van der Waals surface area contributed by atoms with E-state index in [2.05, 4.69) is 25.7 Å². The Morgan fingerprint density at radius 2 is 2.10 bits per heavy atom. The summed E-state index contributed by atoms with van der Waals surface area (Å²) in [7, 11) is 1.39. The average Bonchev–Trinajstić information content (AvgIpc) is 2.74. The number of hydrogen-bond donors (Lipinski definition) is 2. The number of nitro groups is 1. The number of hydrogen-bond acceptors (Lipinski definition) is 10. The summed E-state index contributed by atoms with van der Waals surface area (Å²) in [6.45, 7) is 0. The molecule has 0 aliphatic rings. The van der Waals surface area contributed by atoms with Gasteiger partial charge in [-0.1, -0.05) is 6.07 Å². The van der Waals surface area contributed by atoms with Crippen LogP contribution in [0.3, 0.4) is 0 Å². The average molecular weight is 410 g/mol. The third kappa shape index (κ3) is 5.01. The van der Waals surface area contributed by atoms with E-state index in [0.717, 1.165) is 6.07 Å². The van der Waals surface area contributed by atoms with Crippen molar-refractivity contribution in [3.63, 3.8) is 0 Å². The molecule has 1 heterocycles. The first-order chi connectivity index (χ1) is 14.5. The Morgan fingerprint density at radius 1 is 1.27 bits per heavy atom. The zero-order chi connectivity index (χ0) is 21.5. The highest BCUT2D eigenvalue weighted by Gasteiger charge is 2.16. The van der Waals surface area contributed by atoms with Gasteiger partial charge in [-0.15, -0.1) is 0 Å². The lowest BCUT2D eigenvalue weighted by Crippen LogP contribution is -2.13. The van der Waals surface area contributed by atoms with Crippen LogP contribution >= 0.6 is 0 Å². The van der Waals surface area contributed by atoms with Crippen molar-refractivity contribution < 1.29 is 19.2 Å². The number of anilines is 1. The molecule has 0 aliphatic carbocycles. The number of carbonyl (C=O) groups is 1. The molecule has 12 nitrogen and oxygen atoms in total. The van der Waals surface area contributed by atoms with Crippen molar-refractivity contribution in [2.45, 2.75) is 0 Å². The number of carbonyl (C=O) groups excluding carboxylic acids is 1. The Hall–Kier alpha value is -4.61. The number of benzene rings is 2. The van der Waals surface area contributed by atoms with Crippen molar-refractivity contribution >= 4 is 23.7 Å². The minimum atomic E-state index is -0.770. The number of methoxy groups -OCH3 is 1. The summed E-state index contributed by atoms with van der Waals surface area (Å²) in [4.78, 5) is 37.3. The molecule has 3 rings (SSSR count). The van der Waals surface area contributed by atoms with Gasteiger partial charge < -0.3 is 9.47 Å². The SMILES string of the molecule is COc1cc(/C=N/Nc2cn[nH]c(=O)n2)ccc1OC(=O)c1cccc([N+](=O)[O-])c1. The number of hydrazone groups is 1. The van der Waals surface area contributed by atoms with E-state index in [1.807, 2.05) is 0 Å². The molecule has 152 valence electrons. The van der Waals surface area contributed by atoms with Crippen molar-refractivity contribution in [2.24, 2.45) is 5.10 Å². The number of nitrogens with zero attached hydrogens (tertiary/aromatic N) is 4. The molecule has 0 spiro atoms. The van der Waals surface area contributed by atoms with E-state index < -0.39 is 16.6 Å². The highest BCUT2D eigenvalue weighted by Crippen LogP contribution is 2.28. The predicted molar refractivity (Wildman–Crippen MR) is 105 cm³/mol. The molecule has 2 aromatic carbocycles. The fourth-order valence-electron chi connectivity index (χ4n) is 2.29. The molecule has 0 unspecified atom stereocenters. The first kappa shape index (κ1) is 20.1. The van der Waals surface area contributed by atoms with Crippen molar-refractivity contribution in [3.8, 4) is 11.5 Å². The van der Waals surface area contributed by atoms with Crippen LogP contribution in [0.15, 0.2) is 58.6 Å². The number of aromatic amines is 1. The molecule has 0 radical (unpaired) electrons. The Morgan fingerprint density at radius 3 is 2.83 bits per heavy atom. The molecular weight excluding hydrogens is 396 g/mol. The molecular formula is C18H14N6O6. The number of nitro benzene ring substituents is 1. The third-order valence-electron chi connectivity index (χ3n) is 3.64. The van der Waals surface area contributed by atoms with Crippen molar-refractivity contribution in [2.75, 3.05) is 12.5 Å². The van der Waals surface area contributed by atoms with Gasteiger partial charge in [0.05, 0.1) is 30.0 Å². The van der Waals surface area contributed by atoms with E-state index in [1.165, 1.54) is 43.8 Å². The minimum absolute atomic E-state index is 0.0278. The van der Waals surface area contributed by atoms with E-state index >= 15 is 0 Å². The van der Waals surface area contributed by atoms with Gasteiger partial charge in [0.25, 0.3) is 5.69 Å². The maximum Gasteiger partial charge on any atom is 0.363 e. The van der Waals surface area contributed by atoms with Crippen LogP contribution in [-0.4, -0.2) is 39.4 Å². The van der Waals surface area contributed by atoms with Crippen LogP contribution in [0, 0.1) is 10.1 Å². The van der Waals surface area contributed by atoms with Gasteiger partial charge in [-0.05, 0) is 29.8 Å². The van der Waals surface area contributed by atoms with Gasteiger partial charge in [-0.3, -0.25) is 15.5 Å². The predicted octanol–water partition coefficient (Wildman–Crippen LogP) is 1.75. The van der Waals surface area contributed by atoms with Crippen molar-refractivity contribution in [1.29, 1.82) is 0 Å². The Balaban J connectivity index is 1.73. The number of H-pyrrole nitrogens is 1. The molecule has 30 heavy (non-hydrogen) atoms. The summed E-state index contributed by atoms with van der Waals surface area (Å²) in [5.74, 6) is -0.245. The van der Waals surface area contributed by atoms with Crippen LogP contribution in [0.25, 0.3) is 0 Å². The summed E-state index contributed by atoms with van der Waals surface area (Å²) < 4.78 is 10.5. The molecule has 0 bridgehead atoms. The molecule has 0 aliphatic heterocycles. The second kappa shape index (κ2) is 9.05. The van der Waals surface area contributed by atoms with E-state index in [9.17, 15) is 19.7 Å². The maximum atomic E-state index is 12.3. The number of non-ortho nitro benzene ring substituents is 1. The standard InChI is InChI=1S/C18H14N6O6/c1-29-15-7-11(9-19-22-16-10-20-23-18(26)21-16)5-6-14(15)30-17(25)12-3-2-4-13(8-12)24(27)28/h2-10H,1H3,(H2,21,22,23,26)/b19-9+. The molecule has 0 fully saturated rings. The Labute approximate surface area is 168 Å². The van der Waals surface area contributed by atoms with Gasteiger partial charge in [0.1, 0.15) is 0 Å². The van der Waals surface area contributed by atoms with Crippen LogP contribution in [-0.2, 0) is 0 Å². The van der Waals surface area contributed by atoms with Crippen molar-refractivity contribution in [3.05, 3.63) is 80.4 Å². The van der Waals surface area contributed by atoms with Gasteiger partial charge in [-0.2, -0.15) is 15.2 Å². The summed E-state index contributed by atoms with van der Waals surface area (Å²) in [5.41, 5.74) is 2.33. The molecule has 0 amide bonds. The summed E-state index contributed by atoms with van der Waals surface area (Å²) in [6.07, 6.45) is 2.72. The number of esters is 1. The van der Waals surface area contributed by atoms with Gasteiger partial charge in [0.2, 0.25) is 0 Å². The quantitative estimate of drug-likeness (QED) is 0.194. The lowest BCUT2D eigenvalue weighted by atomic mass is 10.2. The maximum absolute atomic E-state index is 12.3. The summed E-state index contributed by atoms with van der Waals surface area (Å²) in [6, 6.07) is 9.85. The minimum Gasteiger partial charge on any atom is -0.493 e. The zero-order valence-corrected chi connectivity index (χ0v) is 15.4. The van der Waals surface area contributed by atoms with Gasteiger partial charge >= 0.3 is 11.7 Å². The summed E-state index contributed by atoms with van der Waals surface area (Å²) >= 11 is 0. The Kier molecular flexibility index (Phi) is 6.08. The first-order valence-electron chi connectivity index (χ1n) is 8.32. The molecule has 2 N–H and O–H groups in total. The fourth-order valence-corrected chi connectivity index (χ4v) is 2.29. The van der Waals surface area contributed by atoms with Crippen LogP contribution in [0.5, 0.6) is 11.5 Å². The highest BCUT2D eigenvalue weighted by atomic mass is 16.6. The smallest absolute Gasteiger partial charge is 0.363 e. The number of nitrogens with one attached hydrogen (secondary N) is 2. The molecule has 12 heteroatoms. The van der Waals surface area contributed by atoms with E-state index in [4.69, 9.17) is 9.47 Å². The molecule has 1 aromatic heterocycles. The number of ether oxygens (including phenoxy) is 2. The number of rotatable bonds is 7. The van der Waals surface area contributed by atoms with Crippen LogP contribution in [0.2, 0.25) is 0 Å². The third-order valence-corrected chi connectivity index (χ3v) is 3.64. The molecule has 0 saturated carbocycles. The number of aromatic nitrogens is 3. The van der Waals surface area contributed by atoms with E-state index in [0.29, 0.717) is 5.56 Å². The largest absolute Gasteiger partial charge is 0.493 e. The topological polar surface area (TPSA) is 162 Å². The van der Waals surface area contributed by atoms with E-state index in [-0.39, 0.29) is 28.6 Å². The lowest BCUT2D eigenvalue weighted by Gasteiger charge is -2.10. The summed E-state index contributed by atoms with van der Waals surface area (Å²) in [5, 5.41) is 20.5. The van der Waals surface area contributed by atoms with Crippen LogP contribution in [0.4, 0.5) is 11.5 Å². The highest BCUT2D eigenvalue weighted by molar-refractivity contribution is 5.92. The fraction of sp³-hybridized carbons (Fsp3) is 0.0556. The normalized spacial score (nSPS) is 10.6. The molecule has 0 saturated heterocycles. The molecule has 0 atom stereocenters. The van der Waals surface area contributed by atoms with Gasteiger partial charge in [0.15, 0.2) is 17.3 Å². The Bertz CT molecular complexity index is 1180. The van der Waals surface area contributed by atoms with Crippen molar-refractivity contribution in [1.82, 2.24) is 15.2 Å². The monoisotopic (exact) mass is 410 g/mol. The second-order valence-electron chi connectivity index (χ2n) is 5.65. The van der Waals surface area contributed by atoms with Crippen LogP contribution in [0.1, 0.15) is 15.9 Å². The van der Waals surface area contributed by atoms with Crippen LogP contribution < -0.4 is 20.6 Å². The first-order valence-corrected chi connectivity index (χ1v) is 8.32. The van der Waals surface area contributed by atoms with Gasteiger partial charge in [-0.25, -0.2) is 14.7 Å². The lowest BCUT2D eigenvalue weighted by molar-refractivity contribution is -0.384. The van der Waals surface area contributed by atoms with E-state index in [1.54, 1.807) is 12.1 Å². The van der Waals surface area contributed by atoms with Gasteiger partial charge in [0, 0.05) is 12.1 Å².